The Hall–Kier alpha value is -1.09. The third-order valence-corrected chi connectivity index (χ3v) is 3.76. The zero-order valence-corrected chi connectivity index (χ0v) is 14.4. The summed E-state index contributed by atoms with van der Waals surface area (Å²) in [6.45, 7) is 13.9. The van der Waals surface area contributed by atoms with E-state index in [9.17, 15) is 4.79 Å². The summed E-state index contributed by atoms with van der Waals surface area (Å²) in [5.41, 5.74) is 3.99. The molecule has 0 bridgehead atoms. The Morgan fingerprint density at radius 3 is 2.38 bits per heavy atom. The average Bonchev–Trinajstić information content (AvgIpc) is 2.43. The van der Waals surface area contributed by atoms with Crippen molar-refractivity contribution < 1.29 is 14.3 Å². The minimum absolute atomic E-state index is 0.0110. The van der Waals surface area contributed by atoms with Crippen LogP contribution in [-0.2, 0) is 14.3 Å². The first kappa shape index (κ1) is 19.9. The molecule has 0 spiro atoms. The van der Waals surface area contributed by atoms with E-state index in [1.54, 1.807) is 7.11 Å². The van der Waals surface area contributed by atoms with Gasteiger partial charge in [-0.2, -0.15) is 0 Å². The van der Waals surface area contributed by atoms with Crippen LogP contribution in [0.25, 0.3) is 0 Å². The van der Waals surface area contributed by atoms with Crippen molar-refractivity contribution in [2.75, 3.05) is 13.7 Å². The summed E-state index contributed by atoms with van der Waals surface area (Å²) in [5, 5.41) is 2.99. The number of amides is 1. The molecule has 0 aromatic heterocycles. The smallest absolute Gasteiger partial charge is 0.217 e. The first-order valence-electron chi connectivity index (χ1n) is 7.62. The van der Waals surface area contributed by atoms with Crippen molar-refractivity contribution >= 4 is 5.91 Å². The van der Waals surface area contributed by atoms with Crippen LogP contribution < -0.4 is 5.32 Å². The molecule has 4 atom stereocenters. The van der Waals surface area contributed by atoms with Crippen LogP contribution in [0, 0.1) is 5.92 Å². The first-order valence-corrected chi connectivity index (χ1v) is 7.62. The van der Waals surface area contributed by atoms with E-state index in [2.05, 4.69) is 24.6 Å². The highest BCUT2D eigenvalue weighted by Gasteiger charge is 2.25. The SMILES string of the molecule is C=C=C(C)CC(OC)C(C)CC(NC(C)=O)C(C)OCC. The van der Waals surface area contributed by atoms with Crippen LogP contribution >= 0.6 is 0 Å². The van der Waals surface area contributed by atoms with Crippen molar-refractivity contribution in [3.8, 4) is 0 Å². The van der Waals surface area contributed by atoms with Gasteiger partial charge in [0.1, 0.15) is 0 Å². The predicted octanol–water partition coefficient (Wildman–Crippen LogP) is 3.08. The summed E-state index contributed by atoms with van der Waals surface area (Å²) < 4.78 is 11.2. The van der Waals surface area contributed by atoms with E-state index in [1.807, 2.05) is 20.8 Å². The summed E-state index contributed by atoms with van der Waals surface area (Å²) in [6, 6.07) is -0.0110. The van der Waals surface area contributed by atoms with Crippen LogP contribution in [0.1, 0.15) is 47.5 Å². The Kier molecular flexibility index (Phi) is 10.1. The zero-order chi connectivity index (χ0) is 16.4. The lowest BCUT2D eigenvalue weighted by Gasteiger charge is -2.30. The zero-order valence-electron chi connectivity index (χ0n) is 14.4. The van der Waals surface area contributed by atoms with Gasteiger partial charge in [0.25, 0.3) is 0 Å². The highest BCUT2D eigenvalue weighted by Crippen LogP contribution is 2.21. The maximum absolute atomic E-state index is 11.4. The van der Waals surface area contributed by atoms with Gasteiger partial charge in [0.2, 0.25) is 5.91 Å². The third-order valence-electron chi connectivity index (χ3n) is 3.76. The lowest BCUT2D eigenvalue weighted by molar-refractivity contribution is -0.121. The molecule has 21 heavy (non-hydrogen) atoms. The Labute approximate surface area is 129 Å². The molecule has 1 amide bonds. The van der Waals surface area contributed by atoms with Gasteiger partial charge in [-0.3, -0.25) is 4.79 Å². The van der Waals surface area contributed by atoms with Crippen LogP contribution in [0.2, 0.25) is 0 Å². The van der Waals surface area contributed by atoms with Crippen LogP contribution in [-0.4, -0.2) is 37.9 Å². The molecule has 0 rings (SSSR count). The average molecular weight is 297 g/mol. The number of ether oxygens (including phenoxy) is 2. The molecule has 122 valence electrons. The van der Waals surface area contributed by atoms with Gasteiger partial charge in [0, 0.05) is 27.1 Å². The molecule has 0 heterocycles. The fourth-order valence-electron chi connectivity index (χ4n) is 2.45. The second-order valence-electron chi connectivity index (χ2n) is 5.62. The molecule has 0 saturated heterocycles. The highest BCUT2D eigenvalue weighted by atomic mass is 16.5. The molecule has 0 saturated carbocycles. The number of rotatable bonds is 10. The predicted molar refractivity (Wildman–Crippen MR) is 86.2 cm³/mol. The van der Waals surface area contributed by atoms with Crippen LogP contribution in [0.3, 0.4) is 0 Å². The molecule has 1 N–H and O–H groups in total. The molecule has 4 unspecified atom stereocenters. The van der Waals surface area contributed by atoms with E-state index in [0.29, 0.717) is 6.61 Å². The minimum atomic E-state index is -0.0325. The number of hydrogen-bond donors (Lipinski definition) is 1. The standard InChI is InChI=1S/C17H31NO3/c1-8-12(3)10-17(20-7)13(4)11-16(18-15(6)19)14(5)21-9-2/h13-14,16-17H,1,9-11H2,2-7H3,(H,18,19). The molecule has 0 fully saturated rings. The molecule has 0 aliphatic heterocycles. The van der Waals surface area contributed by atoms with E-state index in [-0.39, 0.29) is 30.1 Å². The van der Waals surface area contributed by atoms with Gasteiger partial charge >= 0.3 is 0 Å². The fourth-order valence-corrected chi connectivity index (χ4v) is 2.45. The molecular weight excluding hydrogens is 266 g/mol. The van der Waals surface area contributed by atoms with Gasteiger partial charge < -0.3 is 14.8 Å². The van der Waals surface area contributed by atoms with Gasteiger partial charge in [0.15, 0.2) is 0 Å². The normalized spacial score (nSPS) is 16.5. The van der Waals surface area contributed by atoms with Crippen molar-refractivity contribution in [1.29, 1.82) is 0 Å². The van der Waals surface area contributed by atoms with E-state index < -0.39 is 0 Å². The van der Waals surface area contributed by atoms with E-state index in [4.69, 9.17) is 9.47 Å². The molecule has 4 heteroatoms. The summed E-state index contributed by atoms with van der Waals surface area (Å²) in [7, 11) is 1.72. The minimum Gasteiger partial charge on any atom is -0.381 e. The number of nitrogens with one attached hydrogen (secondary N) is 1. The molecule has 0 aliphatic carbocycles. The number of carbonyl (C=O) groups is 1. The summed E-state index contributed by atoms with van der Waals surface area (Å²) in [5.74, 6) is 0.257. The maximum atomic E-state index is 11.4. The second-order valence-corrected chi connectivity index (χ2v) is 5.62. The van der Waals surface area contributed by atoms with Crippen LogP contribution in [0.5, 0.6) is 0 Å². The van der Waals surface area contributed by atoms with Crippen molar-refractivity contribution in [3.63, 3.8) is 0 Å². The van der Waals surface area contributed by atoms with Crippen molar-refractivity contribution in [2.24, 2.45) is 5.92 Å². The Bertz CT molecular complexity index is 361. The summed E-state index contributed by atoms with van der Waals surface area (Å²) in [6.07, 6.45) is 1.68. The molecule has 0 radical (unpaired) electrons. The maximum Gasteiger partial charge on any atom is 0.217 e. The van der Waals surface area contributed by atoms with E-state index in [1.165, 1.54) is 6.92 Å². The topological polar surface area (TPSA) is 47.6 Å². The monoisotopic (exact) mass is 297 g/mol. The highest BCUT2D eigenvalue weighted by molar-refractivity contribution is 5.73. The van der Waals surface area contributed by atoms with Crippen molar-refractivity contribution in [2.45, 2.75) is 65.7 Å². The van der Waals surface area contributed by atoms with Gasteiger partial charge in [-0.05, 0) is 38.7 Å². The van der Waals surface area contributed by atoms with Gasteiger partial charge in [0.05, 0.1) is 18.2 Å². The molecule has 0 aromatic rings. The lowest BCUT2D eigenvalue weighted by Crippen LogP contribution is -2.44. The first-order chi connectivity index (χ1) is 9.85. The van der Waals surface area contributed by atoms with Crippen molar-refractivity contribution in [3.05, 3.63) is 17.9 Å². The third kappa shape index (κ3) is 8.05. The van der Waals surface area contributed by atoms with Crippen LogP contribution in [0.15, 0.2) is 17.9 Å². The molecule has 0 aromatic carbocycles. The van der Waals surface area contributed by atoms with Crippen LogP contribution in [0.4, 0.5) is 0 Å². The molecular formula is C17H31NO3. The molecule has 0 aliphatic rings. The summed E-state index contributed by atoms with van der Waals surface area (Å²) >= 11 is 0. The fraction of sp³-hybridized carbons (Fsp3) is 0.765. The quantitative estimate of drug-likeness (QED) is 0.630. The van der Waals surface area contributed by atoms with Gasteiger partial charge in [-0.25, -0.2) is 0 Å². The van der Waals surface area contributed by atoms with Gasteiger partial charge in [-0.1, -0.05) is 13.5 Å². The number of carbonyl (C=O) groups excluding carboxylic acids is 1. The lowest BCUT2D eigenvalue weighted by atomic mass is 9.90. The number of hydrogen-bond acceptors (Lipinski definition) is 3. The van der Waals surface area contributed by atoms with Gasteiger partial charge in [-0.15, -0.1) is 5.73 Å². The van der Waals surface area contributed by atoms with Crippen molar-refractivity contribution in [1.82, 2.24) is 5.32 Å². The second kappa shape index (κ2) is 10.6. The summed E-state index contributed by atoms with van der Waals surface area (Å²) in [4.78, 5) is 11.4. The molecule has 4 nitrogen and oxygen atoms in total. The van der Waals surface area contributed by atoms with E-state index in [0.717, 1.165) is 18.4 Å². The Morgan fingerprint density at radius 1 is 1.33 bits per heavy atom. The Morgan fingerprint density at radius 2 is 1.95 bits per heavy atom. The number of methoxy groups -OCH3 is 1. The Balaban J connectivity index is 4.78. The van der Waals surface area contributed by atoms with E-state index >= 15 is 0 Å². The largest absolute Gasteiger partial charge is 0.381 e.